The molecule has 0 bridgehead atoms. The van der Waals surface area contributed by atoms with Crippen LogP contribution in [-0.2, 0) is 30.4 Å². The van der Waals surface area contributed by atoms with Crippen molar-refractivity contribution >= 4 is 29.7 Å². The number of nitrogens with one attached hydrogen (secondary N) is 4. The third kappa shape index (κ3) is 9.93. The molecule has 0 radical (unpaired) electrons. The number of carbonyl (C=O) groups is 5. The van der Waals surface area contributed by atoms with Crippen LogP contribution in [-0.4, -0.2) is 92.3 Å². The molecular formula is C19H31N7O8. The van der Waals surface area contributed by atoms with Crippen LogP contribution >= 0.6 is 0 Å². The summed E-state index contributed by atoms with van der Waals surface area (Å²) in [4.78, 5) is 66.8. The molecule has 0 aliphatic carbocycles. The Morgan fingerprint density at radius 2 is 1.59 bits per heavy atom. The van der Waals surface area contributed by atoms with Gasteiger partial charge in [0.05, 0.1) is 19.4 Å². The molecule has 0 fully saturated rings. The number of carboxylic acid groups (broad SMARTS) is 2. The number of H-pyrrole nitrogens is 1. The number of aromatic amines is 1. The number of rotatable bonds is 16. The standard InChI is InChI=1S/C19H31N7O8/c20-4-2-1-3-12(17(31)26-14(19(33)34)5-10-7-22-9-23-10)24-18(32)13(6-15(28)29)25-16(30)11(21)8-27/h7,9,11-14,27H,1-6,8,20-21H2,(H,22,23)(H,24,32)(H,25,30)(H,26,31)(H,28,29)(H,33,34). The van der Waals surface area contributed by atoms with Gasteiger partial charge in [0, 0.05) is 18.3 Å². The van der Waals surface area contributed by atoms with E-state index in [0.717, 1.165) is 0 Å². The summed E-state index contributed by atoms with van der Waals surface area (Å²) in [6.45, 7) is -0.416. The molecule has 0 aromatic carbocycles. The van der Waals surface area contributed by atoms with Crippen molar-refractivity contribution in [1.29, 1.82) is 0 Å². The van der Waals surface area contributed by atoms with Crippen LogP contribution in [0.2, 0.25) is 0 Å². The first-order valence-electron chi connectivity index (χ1n) is 10.5. The normalized spacial score (nSPS) is 14.3. The summed E-state index contributed by atoms with van der Waals surface area (Å²) in [5.74, 6) is -5.49. The number of aliphatic hydroxyl groups is 1. The lowest BCUT2D eigenvalue weighted by Gasteiger charge is -2.24. The van der Waals surface area contributed by atoms with E-state index in [4.69, 9.17) is 21.7 Å². The molecule has 34 heavy (non-hydrogen) atoms. The number of imidazole rings is 1. The van der Waals surface area contributed by atoms with Crippen molar-refractivity contribution in [3.05, 3.63) is 18.2 Å². The fourth-order valence-electron chi connectivity index (χ4n) is 2.87. The van der Waals surface area contributed by atoms with Crippen molar-refractivity contribution in [2.24, 2.45) is 11.5 Å². The summed E-state index contributed by atoms with van der Waals surface area (Å²) < 4.78 is 0. The molecule has 4 unspecified atom stereocenters. The first-order chi connectivity index (χ1) is 16.1. The number of nitrogens with two attached hydrogens (primary N) is 2. The van der Waals surface area contributed by atoms with Gasteiger partial charge in [0.25, 0.3) is 0 Å². The van der Waals surface area contributed by atoms with E-state index < -0.39 is 66.9 Å². The molecule has 190 valence electrons. The van der Waals surface area contributed by atoms with Gasteiger partial charge in [0.1, 0.15) is 24.2 Å². The lowest BCUT2D eigenvalue weighted by Crippen LogP contribution is -2.58. The van der Waals surface area contributed by atoms with Gasteiger partial charge in [-0.1, -0.05) is 0 Å². The molecular weight excluding hydrogens is 454 g/mol. The van der Waals surface area contributed by atoms with Crippen LogP contribution in [0.4, 0.5) is 0 Å². The van der Waals surface area contributed by atoms with Crippen LogP contribution in [0.3, 0.4) is 0 Å². The monoisotopic (exact) mass is 485 g/mol. The van der Waals surface area contributed by atoms with Gasteiger partial charge in [0.2, 0.25) is 17.7 Å². The van der Waals surface area contributed by atoms with Crippen molar-refractivity contribution in [2.45, 2.75) is 56.3 Å². The number of hydrogen-bond donors (Lipinski definition) is 9. The molecule has 1 aromatic rings. The molecule has 11 N–H and O–H groups in total. The quantitative estimate of drug-likeness (QED) is 0.103. The summed E-state index contributed by atoms with van der Waals surface area (Å²) in [6, 6.07) is -5.54. The zero-order valence-electron chi connectivity index (χ0n) is 18.4. The Morgan fingerprint density at radius 1 is 0.971 bits per heavy atom. The topological polar surface area (TPSA) is 263 Å². The third-order valence-corrected chi connectivity index (χ3v) is 4.72. The average molecular weight is 485 g/mol. The number of nitrogens with zero attached hydrogens (tertiary/aromatic N) is 1. The van der Waals surface area contributed by atoms with E-state index in [1.54, 1.807) is 0 Å². The molecule has 0 aliphatic rings. The van der Waals surface area contributed by atoms with E-state index in [2.05, 4.69) is 25.9 Å². The Morgan fingerprint density at radius 3 is 2.12 bits per heavy atom. The molecule has 0 spiro atoms. The lowest BCUT2D eigenvalue weighted by atomic mass is 10.1. The molecule has 3 amide bonds. The van der Waals surface area contributed by atoms with Crippen molar-refractivity contribution < 1.29 is 39.3 Å². The number of aliphatic carboxylic acids is 2. The predicted octanol–water partition coefficient (Wildman–Crippen LogP) is -3.59. The second-order valence-electron chi connectivity index (χ2n) is 7.47. The van der Waals surface area contributed by atoms with Crippen LogP contribution in [0.5, 0.6) is 0 Å². The molecule has 0 aliphatic heterocycles. The Balaban J connectivity index is 2.97. The molecule has 15 nitrogen and oxygen atoms in total. The van der Waals surface area contributed by atoms with E-state index in [9.17, 15) is 29.1 Å². The Kier molecular flexibility index (Phi) is 12.2. The summed E-state index contributed by atoms with van der Waals surface area (Å²) in [6.07, 6.45) is 2.83. The fraction of sp³-hybridized carbons (Fsp3) is 0.579. The first kappa shape index (κ1) is 28.5. The van der Waals surface area contributed by atoms with Crippen LogP contribution in [0.15, 0.2) is 12.5 Å². The van der Waals surface area contributed by atoms with Crippen molar-refractivity contribution in [1.82, 2.24) is 25.9 Å². The van der Waals surface area contributed by atoms with E-state index in [-0.39, 0.29) is 12.8 Å². The number of carboxylic acids is 2. The maximum atomic E-state index is 12.8. The number of carbonyl (C=O) groups excluding carboxylic acids is 3. The minimum absolute atomic E-state index is 0.0784. The highest BCUT2D eigenvalue weighted by atomic mass is 16.4. The maximum Gasteiger partial charge on any atom is 0.326 e. The van der Waals surface area contributed by atoms with Gasteiger partial charge in [-0.2, -0.15) is 0 Å². The highest BCUT2D eigenvalue weighted by Gasteiger charge is 2.31. The van der Waals surface area contributed by atoms with Gasteiger partial charge in [-0.15, -0.1) is 0 Å². The zero-order chi connectivity index (χ0) is 25.7. The highest BCUT2D eigenvalue weighted by Crippen LogP contribution is 2.06. The Labute approximate surface area is 194 Å². The van der Waals surface area contributed by atoms with Gasteiger partial charge >= 0.3 is 11.9 Å². The van der Waals surface area contributed by atoms with E-state index in [1.807, 2.05) is 0 Å². The molecule has 0 saturated heterocycles. The van der Waals surface area contributed by atoms with E-state index in [0.29, 0.717) is 25.1 Å². The van der Waals surface area contributed by atoms with Gasteiger partial charge < -0.3 is 47.7 Å². The zero-order valence-corrected chi connectivity index (χ0v) is 18.4. The first-order valence-corrected chi connectivity index (χ1v) is 10.5. The van der Waals surface area contributed by atoms with Crippen LogP contribution in [0.1, 0.15) is 31.4 Å². The Bertz CT molecular complexity index is 833. The van der Waals surface area contributed by atoms with Gasteiger partial charge in [-0.3, -0.25) is 19.2 Å². The number of aliphatic hydroxyl groups excluding tert-OH is 1. The van der Waals surface area contributed by atoms with Crippen molar-refractivity contribution in [3.8, 4) is 0 Å². The lowest BCUT2D eigenvalue weighted by molar-refractivity contribution is -0.143. The van der Waals surface area contributed by atoms with Gasteiger partial charge in [-0.25, -0.2) is 9.78 Å². The van der Waals surface area contributed by atoms with Crippen LogP contribution in [0.25, 0.3) is 0 Å². The fourth-order valence-corrected chi connectivity index (χ4v) is 2.87. The minimum Gasteiger partial charge on any atom is -0.481 e. The van der Waals surface area contributed by atoms with Crippen molar-refractivity contribution in [2.75, 3.05) is 13.2 Å². The molecule has 4 atom stereocenters. The third-order valence-electron chi connectivity index (χ3n) is 4.72. The van der Waals surface area contributed by atoms with Crippen LogP contribution in [0, 0.1) is 0 Å². The summed E-state index contributed by atoms with van der Waals surface area (Å²) in [7, 11) is 0. The highest BCUT2D eigenvalue weighted by molar-refractivity contribution is 5.95. The molecule has 1 rings (SSSR count). The molecule has 1 aromatic heterocycles. The van der Waals surface area contributed by atoms with Gasteiger partial charge in [0.15, 0.2) is 0 Å². The predicted molar refractivity (Wildman–Crippen MR) is 116 cm³/mol. The number of amides is 3. The van der Waals surface area contributed by atoms with E-state index >= 15 is 0 Å². The summed E-state index contributed by atoms with van der Waals surface area (Å²) >= 11 is 0. The molecule has 0 saturated carbocycles. The Hall–Kier alpha value is -3.56. The number of unbranched alkanes of at least 4 members (excludes halogenated alkanes) is 1. The number of aromatic nitrogens is 2. The minimum atomic E-state index is -1.59. The molecule has 15 heteroatoms. The molecule has 1 heterocycles. The smallest absolute Gasteiger partial charge is 0.326 e. The van der Waals surface area contributed by atoms with Crippen LogP contribution < -0.4 is 27.4 Å². The van der Waals surface area contributed by atoms with Crippen molar-refractivity contribution in [3.63, 3.8) is 0 Å². The largest absolute Gasteiger partial charge is 0.481 e. The maximum absolute atomic E-state index is 12.8. The summed E-state index contributed by atoms with van der Waals surface area (Å²) in [5, 5.41) is 34.4. The second kappa shape index (κ2) is 14.6. The second-order valence-corrected chi connectivity index (χ2v) is 7.47. The number of hydrogen-bond acceptors (Lipinski definition) is 9. The van der Waals surface area contributed by atoms with Gasteiger partial charge in [-0.05, 0) is 25.8 Å². The van der Waals surface area contributed by atoms with E-state index in [1.165, 1.54) is 12.5 Å². The summed E-state index contributed by atoms with van der Waals surface area (Å²) in [5.41, 5.74) is 11.3. The SMILES string of the molecule is NCCCCC(NC(=O)C(CC(=O)O)NC(=O)C(N)CO)C(=O)NC(Cc1cnc[nH]1)C(=O)O. The average Bonchev–Trinajstić information content (AvgIpc) is 3.29.